The van der Waals surface area contributed by atoms with Gasteiger partial charge in [-0.2, -0.15) is 0 Å². The Balaban J connectivity index is 1.72. The lowest BCUT2D eigenvalue weighted by Crippen LogP contribution is -2.26. The Bertz CT molecular complexity index is 867. The first kappa shape index (κ1) is 16.2. The summed E-state index contributed by atoms with van der Waals surface area (Å²) in [4.78, 5) is 21.3. The molecule has 5 nitrogen and oxygen atoms in total. The number of rotatable bonds is 5. The number of pyridine rings is 1. The summed E-state index contributed by atoms with van der Waals surface area (Å²) in [6.45, 7) is 6.76. The maximum absolute atomic E-state index is 12.2. The second-order valence-corrected chi connectivity index (χ2v) is 6.21. The number of hydrogen-bond donors (Lipinski definition) is 1. The highest BCUT2D eigenvalue weighted by atomic mass is 16.1. The van der Waals surface area contributed by atoms with Crippen LogP contribution < -0.4 is 5.32 Å². The maximum Gasteiger partial charge on any atom is 0.251 e. The molecule has 124 valence electrons. The minimum Gasteiger partial charge on any atom is -0.352 e. The summed E-state index contributed by atoms with van der Waals surface area (Å²) in [6.07, 6.45) is 2.46. The number of amides is 1. The van der Waals surface area contributed by atoms with Crippen molar-refractivity contribution >= 4 is 17.1 Å². The van der Waals surface area contributed by atoms with Crippen molar-refractivity contribution in [1.29, 1.82) is 0 Å². The number of aryl methyl sites for hydroxylation is 1. The number of imidazole rings is 1. The van der Waals surface area contributed by atoms with Gasteiger partial charge in [0.1, 0.15) is 11.3 Å². The van der Waals surface area contributed by atoms with Crippen molar-refractivity contribution in [3.8, 4) is 0 Å². The summed E-state index contributed by atoms with van der Waals surface area (Å²) in [5.41, 5.74) is 3.56. The van der Waals surface area contributed by atoms with Gasteiger partial charge < -0.3 is 9.88 Å². The molecular weight excluding hydrogens is 300 g/mol. The highest BCUT2D eigenvalue weighted by Crippen LogP contribution is 2.19. The maximum atomic E-state index is 12.2. The second-order valence-electron chi connectivity index (χ2n) is 6.21. The molecular formula is C19H22N4O. The van der Waals surface area contributed by atoms with E-state index in [1.165, 1.54) is 0 Å². The molecule has 0 bridgehead atoms. The van der Waals surface area contributed by atoms with Crippen molar-refractivity contribution < 1.29 is 4.79 Å². The van der Waals surface area contributed by atoms with Crippen molar-refractivity contribution in [2.24, 2.45) is 0 Å². The first-order valence-electron chi connectivity index (χ1n) is 8.23. The lowest BCUT2D eigenvalue weighted by molar-refractivity contribution is 0.0954. The fraction of sp³-hybridized carbons (Fsp3) is 0.316. The molecule has 0 spiro atoms. The van der Waals surface area contributed by atoms with Gasteiger partial charge >= 0.3 is 0 Å². The van der Waals surface area contributed by atoms with Crippen LogP contribution in [0.15, 0.2) is 42.6 Å². The zero-order chi connectivity index (χ0) is 17.1. The van der Waals surface area contributed by atoms with E-state index in [2.05, 4.69) is 33.7 Å². The van der Waals surface area contributed by atoms with Gasteiger partial charge in [0.15, 0.2) is 5.65 Å². The molecule has 0 fully saturated rings. The molecule has 0 radical (unpaired) electrons. The van der Waals surface area contributed by atoms with Gasteiger partial charge in [-0.3, -0.25) is 4.79 Å². The molecule has 0 aliphatic rings. The molecule has 0 saturated heterocycles. The van der Waals surface area contributed by atoms with Gasteiger partial charge in [-0.1, -0.05) is 17.7 Å². The van der Waals surface area contributed by atoms with Crippen LogP contribution >= 0.6 is 0 Å². The van der Waals surface area contributed by atoms with Gasteiger partial charge in [0.2, 0.25) is 0 Å². The van der Waals surface area contributed by atoms with E-state index in [0.717, 1.165) is 22.6 Å². The number of nitrogens with zero attached hydrogens (tertiary/aromatic N) is 3. The minimum absolute atomic E-state index is 0.0518. The van der Waals surface area contributed by atoms with Crippen LogP contribution in [0, 0.1) is 6.92 Å². The van der Waals surface area contributed by atoms with E-state index in [1.807, 2.05) is 43.3 Å². The minimum atomic E-state index is -0.0518. The van der Waals surface area contributed by atoms with E-state index in [0.29, 0.717) is 18.5 Å². The van der Waals surface area contributed by atoms with Crippen LogP contribution in [0.3, 0.4) is 0 Å². The van der Waals surface area contributed by atoms with Crippen LogP contribution in [0.4, 0.5) is 0 Å². The average molecular weight is 322 g/mol. The fourth-order valence-electron chi connectivity index (χ4n) is 2.87. The molecule has 3 rings (SSSR count). The molecule has 3 aromatic rings. The first-order chi connectivity index (χ1) is 11.6. The Morgan fingerprint density at radius 1 is 1.25 bits per heavy atom. The third-order valence-corrected chi connectivity index (χ3v) is 3.95. The third kappa shape index (κ3) is 3.30. The SMILES string of the molecule is Cc1cccc(C(=O)NCCc2nc3cccnc3n2C(C)C)c1. The molecule has 2 heterocycles. The summed E-state index contributed by atoms with van der Waals surface area (Å²) in [6, 6.07) is 11.7. The molecule has 0 atom stereocenters. The molecule has 24 heavy (non-hydrogen) atoms. The summed E-state index contributed by atoms with van der Waals surface area (Å²) >= 11 is 0. The fourth-order valence-corrected chi connectivity index (χ4v) is 2.87. The third-order valence-electron chi connectivity index (χ3n) is 3.95. The quantitative estimate of drug-likeness (QED) is 0.784. The zero-order valence-corrected chi connectivity index (χ0v) is 14.3. The van der Waals surface area contributed by atoms with Crippen LogP contribution in [0.2, 0.25) is 0 Å². The Hall–Kier alpha value is -2.69. The molecule has 0 aliphatic heterocycles. The molecule has 1 N–H and O–H groups in total. The first-order valence-corrected chi connectivity index (χ1v) is 8.23. The molecule has 0 aliphatic carbocycles. The largest absolute Gasteiger partial charge is 0.352 e. The summed E-state index contributed by atoms with van der Waals surface area (Å²) in [7, 11) is 0. The Kier molecular flexibility index (Phi) is 4.60. The highest BCUT2D eigenvalue weighted by Gasteiger charge is 2.14. The van der Waals surface area contributed by atoms with E-state index in [9.17, 15) is 4.79 Å². The molecule has 1 aromatic carbocycles. The normalized spacial score (nSPS) is 11.2. The smallest absolute Gasteiger partial charge is 0.251 e. The van der Waals surface area contributed by atoms with Crippen LogP contribution in [0.25, 0.3) is 11.2 Å². The van der Waals surface area contributed by atoms with E-state index < -0.39 is 0 Å². The summed E-state index contributed by atoms with van der Waals surface area (Å²) < 4.78 is 2.13. The Morgan fingerprint density at radius 2 is 2.08 bits per heavy atom. The predicted molar refractivity (Wildman–Crippen MR) is 95.1 cm³/mol. The standard InChI is InChI=1S/C19H22N4O/c1-13(2)23-17(22-16-8-5-10-20-18(16)23)9-11-21-19(24)15-7-4-6-14(3)12-15/h4-8,10,12-13H,9,11H2,1-3H3,(H,21,24). The second kappa shape index (κ2) is 6.83. The van der Waals surface area contributed by atoms with Crippen molar-refractivity contribution in [3.05, 3.63) is 59.5 Å². The van der Waals surface area contributed by atoms with Gasteiger partial charge in [-0.15, -0.1) is 0 Å². The number of carbonyl (C=O) groups excluding carboxylic acids is 1. The van der Waals surface area contributed by atoms with E-state index in [4.69, 9.17) is 0 Å². The molecule has 5 heteroatoms. The summed E-state index contributed by atoms with van der Waals surface area (Å²) in [5, 5.41) is 2.97. The Morgan fingerprint density at radius 3 is 2.83 bits per heavy atom. The van der Waals surface area contributed by atoms with E-state index in [1.54, 1.807) is 6.20 Å². The molecule has 1 amide bonds. The Labute approximate surface area is 141 Å². The lowest BCUT2D eigenvalue weighted by Gasteiger charge is -2.12. The van der Waals surface area contributed by atoms with Crippen LogP contribution in [-0.2, 0) is 6.42 Å². The van der Waals surface area contributed by atoms with E-state index >= 15 is 0 Å². The van der Waals surface area contributed by atoms with Gasteiger partial charge in [0.05, 0.1) is 0 Å². The van der Waals surface area contributed by atoms with Crippen LogP contribution in [-0.4, -0.2) is 27.0 Å². The molecule has 0 unspecified atom stereocenters. The molecule has 0 saturated carbocycles. The lowest BCUT2D eigenvalue weighted by atomic mass is 10.1. The topological polar surface area (TPSA) is 59.8 Å². The van der Waals surface area contributed by atoms with Crippen molar-refractivity contribution in [3.63, 3.8) is 0 Å². The van der Waals surface area contributed by atoms with Gasteiger partial charge in [-0.25, -0.2) is 9.97 Å². The van der Waals surface area contributed by atoms with Crippen molar-refractivity contribution in [2.75, 3.05) is 6.54 Å². The number of nitrogens with one attached hydrogen (secondary N) is 1. The van der Waals surface area contributed by atoms with Gasteiger partial charge in [0, 0.05) is 30.8 Å². The molecule has 2 aromatic heterocycles. The summed E-state index contributed by atoms with van der Waals surface area (Å²) in [5.74, 6) is 0.896. The van der Waals surface area contributed by atoms with Crippen LogP contribution in [0.1, 0.15) is 41.6 Å². The van der Waals surface area contributed by atoms with Crippen molar-refractivity contribution in [1.82, 2.24) is 19.9 Å². The number of carbonyl (C=O) groups is 1. The number of aromatic nitrogens is 3. The number of benzene rings is 1. The zero-order valence-electron chi connectivity index (χ0n) is 14.3. The van der Waals surface area contributed by atoms with Crippen molar-refractivity contribution in [2.45, 2.75) is 33.2 Å². The highest BCUT2D eigenvalue weighted by molar-refractivity contribution is 5.94. The predicted octanol–water partition coefficient (Wildman–Crippen LogP) is 3.29. The van der Waals surface area contributed by atoms with E-state index in [-0.39, 0.29) is 11.9 Å². The number of fused-ring (bicyclic) bond motifs is 1. The monoisotopic (exact) mass is 322 g/mol. The van der Waals surface area contributed by atoms with Gasteiger partial charge in [-0.05, 0) is 45.0 Å². The van der Waals surface area contributed by atoms with Gasteiger partial charge in [0.25, 0.3) is 5.91 Å². The van der Waals surface area contributed by atoms with Crippen LogP contribution in [0.5, 0.6) is 0 Å². The number of hydrogen-bond acceptors (Lipinski definition) is 3. The average Bonchev–Trinajstić information content (AvgIpc) is 2.93.